The minimum absolute atomic E-state index is 0.0320. The number of rotatable bonds is 8. The van der Waals surface area contributed by atoms with Gasteiger partial charge < -0.3 is 25.0 Å². The van der Waals surface area contributed by atoms with Gasteiger partial charge in [0.15, 0.2) is 0 Å². The van der Waals surface area contributed by atoms with Crippen LogP contribution in [0.4, 0.5) is 15.8 Å². The summed E-state index contributed by atoms with van der Waals surface area (Å²) in [6.07, 6.45) is 1.29. The topological polar surface area (TPSA) is 97.0 Å². The van der Waals surface area contributed by atoms with E-state index in [2.05, 4.69) is 15.5 Å². The molecule has 4 rings (SSSR count). The molecule has 0 saturated carbocycles. The lowest BCUT2D eigenvalue weighted by molar-refractivity contribution is -0.131. The smallest absolute Gasteiger partial charge is 0.308 e. The van der Waals surface area contributed by atoms with E-state index in [1.807, 2.05) is 43.3 Å². The van der Waals surface area contributed by atoms with E-state index >= 15 is 0 Å². The molecule has 1 atom stereocenters. The summed E-state index contributed by atoms with van der Waals surface area (Å²) in [5, 5.41) is 5.48. The minimum Gasteiger partial charge on any atom is -0.427 e. The maximum Gasteiger partial charge on any atom is 0.308 e. The van der Waals surface area contributed by atoms with Crippen LogP contribution >= 0.6 is 0 Å². The number of para-hydroxylation sites is 2. The molecule has 8 nitrogen and oxygen atoms in total. The Morgan fingerprint density at radius 2 is 1.68 bits per heavy atom. The van der Waals surface area contributed by atoms with Crippen molar-refractivity contribution in [3.8, 4) is 5.75 Å². The number of benzene rings is 3. The Balaban J connectivity index is 0.000000230. The number of anilines is 2. The first-order valence-electron chi connectivity index (χ1n) is 12.3. The second kappa shape index (κ2) is 14.5. The van der Waals surface area contributed by atoms with Gasteiger partial charge in [-0.1, -0.05) is 36.4 Å². The SMILES string of the molecule is CC(=O)Oc1ccc(CC(C)NC(=O)c2ccccc2F)cc1.O=CNc1ccccc1N1CCOCC1. The molecule has 0 aromatic heterocycles. The predicted molar refractivity (Wildman–Crippen MR) is 144 cm³/mol. The van der Waals surface area contributed by atoms with Gasteiger partial charge in [0.1, 0.15) is 11.6 Å². The summed E-state index contributed by atoms with van der Waals surface area (Å²) in [5.74, 6) is -0.873. The van der Waals surface area contributed by atoms with E-state index in [0.717, 1.165) is 43.2 Å². The third-order valence-electron chi connectivity index (χ3n) is 5.69. The van der Waals surface area contributed by atoms with Crippen LogP contribution in [-0.2, 0) is 20.7 Å². The molecule has 0 radical (unpaired) electrons. The van der Waals surface area contributed by atoms with Crippen LogP contribution in [0.25, 0.3) is 0 Å². The molecule has 0 spiro atoms. The van der Waals surface area contributed by atoms with E-state index in [1.54, 1.807) is 24.3 Å². The summed E-state index contributed by atoms with van der Waals surface area (Å²) in [5.41, 5.74) is 2.93. The van der Waals surface area contributed by atoms with Gasteiger partial charge >= 0.3 is 5.97 Å². The first-order valence-corrected chi connectivity index (χ1v) is 12.3. The Kier molecular flexibility index (Phi) is 10.8. The fourth-order valence-electron chi connectivity index (χ4n) is 3.95. The Bertz CT molecular complexity index is 1210. The van der Waals surface area contributed by atoms with Crippen molar-refractivity contribution in [1.82, 2.24) is 5.32 Å². The van der Waals surface area contributed by atoms with Crippen molar-refractivity contribution < 1.29 is 28.2 Å². The van der Waals surface area contributed by atoms with Crippen molar-refractivity contribution in [2.45, 2.75) is 26.3 Å². The third-order valence-corrected chi connectivity index (χ3v) is 5.69. The first kappa shape index (κ1) is 28.3. The number of hydrogen-bond acceptors (Lipinski definition) is 6. The van der Waals surface area contributed by atoms with E-state index in [-0.39, 0.29) is 17.6 Å². The summed E-state index contributed by atoms with van der Waals surface area (Å²) < 4.78 is 23.8. The second-order valence-electron chi connectivity index (χ2n) is 8.67. The van der Waals surface area contributed by atoms with Crippen LogP contribution in [0.15, 0.2) is 72.8 Å². The van der Waals surface area contributed by atoms with Crippen molar-refractivity contribution in [2.75, 3.05) is 36.5 Å². The molecule has 200 valence electrons. The van der Waals surface area contributed by atoms with E-state index in [0.29, 0.717) is 18.6 Å². The number of morpholine rings is 1. The number of carbonyl (C=O) groups excluding carboxylic acids is 3. The second-order valence-corrected chi connectivity index (χ2v) is 8.67. The van der Waals surface area contributed by atoms with Crippen LogP contribution in [0.1, 0.15) is 29.8 Å². The zero-order chi connectivity index (χ0) is 27.3. The lowest BCUT2D eigenvalue weighted by atomic mass is 10.1. The summed E-state index contributed by atoms with van der Waals surface area (Å²) in [4.78, 5) is 35.6. The molecular weight excluding hydrogens is 489 g/mol. The lowest BCUT2D eigenvalue weighted by Crippen LogP contribution is -2.36. The van der Waals surface area contributed by atoms with Gasteiger partial charge in [-0.05, 0) is 55.3 Å². The van der Waals surface area contributed by atoms with Crippen molar-refractivity contribution in [1.29, 1.82) is 0 Å². The molecule has 1 unspecified atom stereocenters. The molecule has 2 N–H and O–H groups in total. The molecule has 3 aromatic rings. The van der Waals surface area contributed by atoms with Crippen LogP contribution in [0.2, 0.25) is 0 Å². The Hall–Kier alpha value is -4.24. The zero-order valence-corrected chi connectivity index (χ0v) is 21.5. The van der Waals surface area contributed by atoms with Crippen molar-refractivity contribution >= 4 is 29.7 Å². The third kappa shape index (κ3) is 8.70. The van der Waals surface area contributed by atoms with Gasteiger partial charge in [0.05, 0.1) is 30.2 Å². The number of halogens is 1. The summed E-state index contributed by atoms with van der Waals surface area (Å²) >= 11 is 0. The van der Waals surface area contributed by atoms with E-state index in [1.165, 1.54) is 19.1 Å². The number of hydrogen-bond donors (Lipinski definition) is 2. The molecule has 0 aliphatic carbocycles. The highest BCUT2D eigenvalue weighted by Crippen LogP contribution is 2.25. The Morgan fingerprint density at radius 1 is 1.03 bits per heavy atom. The number of esters is 1. The quantitative estimate of drug-likeness (QED) is 0.262. The van der Waals surface area contributed by atoms with Crippen molar-refractivity contribution in [3.63, 3.8) is 0 Å². The molecule has 1 aliphatic rings. The monoisotopic (exact) mass is 521 g/mol. The fraction of sp³-hybridized carbons (Fsp3) is 0.276. The van der Waals surface area contributed by atoms with Gasteiger partial charge in [-0.25, -0.2) is 4.39 Å². The molecular formula is C29H32FN3O5. The fourth-order valence-corrected chi connectivity index (χ4v) is 3.95. The normalized spacial score (nSPS) is 13.4. The van der Waals surface area contributed by atoms with Gasteiger partial charge in [-0.2, -0.15) is 0 Å². The Morgan fingerprint density at radius 3 is 2.34 bits per heavy atom. The van der Waals surface area contributed by atoms with E-state index in [9.17, 15) is 18.8 Å². The van der Waals surface area contributed by atoms with Gasteiger partial charge in [-0.3, -0.25) is 14.4 Å². The zero-order valence-electron chi connectivity index (χ0n) is 21.5. The minimum atomic E-state index is -0.539. The van der Waals surface area contributed by atoms with Crippen LogP contribution in [-0.4, -0.2) is 50.6 Å². The van der Waals surface area contributed by atoms with Gasteiger partial charge in [0.25, 0.3) is 5.91 Å². The Labute approximate surface area is 221 Å². The number of carbonyl (C=O) groups is 3. The van der Waals surface area contributed by atoms with Crippen LogP contribution in [0.5, 0.6) is 5.75 Å². The van der Waals surface area contributed by atoms with Crippen LogP contribution < -0.4 is 20.3 Å². The summed E-state index contributed by atoms with van der Waals surface area (Å²) in [6.45, 7) is 6.42. The van der Waals surface area contributed by atoms with Gasteiger partial charge in [0, 0.05) is 26.1 Å². The van der Waals surface area contributed by atoms with Crippen molar-refractivity contribution in [2.24, 2.45) is 0 Å². The number of nitrogens with zero attached hydrogens (tertiary/aromatic N) is 1. The van der Waals surface area contributed by atoms with Crippen molar-refractivity contribution in [3.05, 3.63) is 89.7 Å². The highest BCUT2D eigenvalue weighted by atomic mass is 19.1. The standard InChI is InChI=1S/C18H18FNO3.C11H14N2O2/c1-12(20-18(22)16-5-3-4-6-17(16)19)11-14-7-9-15(10-8-14)23-13(2)21;14-9-12-10-3-1-2-4-11(10)13-5-7-15-8-6-13/h3-10,12H,11H2,1-2H3,(H,20,22);1-4,9H,5-8H2,(H,12,14). The number of amides is 2. The summed E-state index contributed by atoms with van der Waals surface area (Å²) in [7, 11) is 0. The number of ether oxygens (including phenoxy) is 2. The summed E-state index contributed by atoms with van der Waals surface area (Å²) in [6, 6.07) is 20.5. The van der Waals surface area contributed by atoms with Gasteiger partial charge in [0.2, 0.25) is 6.41 Å². The predicted octanol–water partition coefficient (Wildman–Crippen LogP) is 4.20. The molecule has 38 heavy (non-hydrogen) atoms. The molecule has 1 heterocycles. The van der Waals surface area contributed by atoms with Crippen LogP contribution in [0.3, 0.4) is 0 Å². The molecule has 0 bridgehead atoms. The number of nitrogens with one attached hydrogen (secondary N) is 2. The van der Waals surface area contributed by atoms with E-state index in [4.69, 9.17) is 9.47 Å². The van der Waals surface area contributed by atoms with E-state index < -0.39 is 11.7 Å². The molecule has 1 saturated heterocycles. The highest BCUT2D eigenvalue weighted by Gasteiger charge is 2.15. The highest BCUT2D eigenvalue weighted by molar-refractivity contribution is 5.94. The molecule has 1 fully saturated rings. The van der Waals surface area contributed by atoms with Gasteiger partial charge in [-0.15, -0.1) is 0 Å². The first-order chi connectivity index (χ1) is 18.4. The largest absolute Gasteiger partial charge is 0.427 e. The lowest BCUT2D eigenvalue weighted by Gasteiger charge is -2.30. The molecule has 1 aliphatic heterocycles. The average molecular weight is 522 g/mol. The molecule has 2 amide bonds. The molecule has 3 aromatic carbocycles. The maximum absolute atomic E-state index is 13.6. The maximum atomic E-state index is 13.6. The average Bonchev–Trinajstić information content (AvgIpc) is 2.91. The molecule has 9 heteroatoms. The van der Waals surface area contributed by atoms with Crippen LogP contribution in [0, 0.1) is 5.82 Å².